The predicted octanol–water partition coefficient (Wildman–Crippen LogP) is 3.43. The minimum Gasteiger partial charge on any atom is -0.325 e. The van der Waals surface area contributed by atoms with Crippen LogP contribution in [0.2, 0.25) is 0 Å². The van der Waals surface area contributed by atoms with Crippen LogP contribution in [0.25, 0.3) is 11.0 Å². The molecule has 1 amide bonds. The van der Waals surface area contributed by atoms with Gasteiger partial charge in [-0.2, -0.15) is 0 Å². The summed E-state index contributed by atoms with van der Waals surface area (Å²) in [6.45, 7) is 4.30. The Balaban J connectivity index is 1.82. The Hall–Kier alpha value is -2.96. The van der Waals surface area contributed by atoms with Crippen LogP contribution in [0.5, 0.6) is 0 Å². The van der Waals surface area contributed by atoms with Crippen molar-refractivity contribution in [2.75, 3.05) is 11.1 Å². The average Bonchev–Trinajstić information content (AvgIpc) is 3.08. The Morgan fingerprint density at radius 1 is 1.31 bits per heavy atom. The largest absolute Gasteiger partial charge is 0.325 e. The van der Waals surface area contributed by atoms with Gasteiger partial charge in [0.1, 0.15) is 0 Å². The zero-order chi connectivity index (χ0) is 23.5. The van der Waals surface area contributed by atoms with E-state index in [1.54, 1.807) is 19.1 Å². The minimum atomic E-state index is -3.86. The second-order valence-electron chi connectivity index (χ2n) is 7.14. The molecule has 0 unspecified atom stereocenters. The Kier molecular flexibility index (Phi) is 7.16. The van der Waals surface area contributed by atoms with Crippen molar-refractivity contribution in [2.24, 2.45) is 5.14 Å². The van der Waals surface area contributed by atoms with Gasteiger partial charge in [0.05, 0.1) is 37.9 Å². The molecule has 1 aromatic heterocycles. The number of aryl methyl sites for hydroxylation is 1. The fraction of sp³-hybridized carbons (Fsp3) is 0.300. The van der Waals surface area contributed by atoms with E-state index in [1.165, 1.54) is 36.0 Å². The van der Waals surface area contributed by atoms with Crippen molar-refractivity contribution < 1.29 is 18.1 Å². The fourth-order valence-corrected chi connectivity index (χ4v) is 4.55. The third-order valence-electron chi connectivity index (χ3n) is 4.86. The third kappa shape index (κ3) is 5.26. The van der Waals surface area contributed by atoms with Crippen LogP contribution in [0.1, 0.15) is 25.3 Å². The molecule has 10 nitrogen and oxygen atoms in total. The van der Waals surface area contributed by atoms with Gasteiger partial charge in [-0.05, 0) is 37.6 Å². The monoisotopic (exact) mass is 477 g/mol. The minimum absolute atomic E-state index is 0.0272. The molecule has 0 saturated heterocycles. The first-order valence-electron chi connectivity index (χ1n) is 9.81. The van der Waals surface area contributed by atoms with Crippen molar-refractivity contribution >= 4 is 50.1 Å². The van der Waals surface area contributed by atoms with Crippen molar-refractivity contribution in [3.8, 4) is 0 Å². The van der Waals surface area contributed by atoms with Gasteiger partial charge in [-0.25, -0.2) is 18.5 Å². The number of sulfonamides is 1. The number of hydrogen-bond donors (Lipinski definition) is 2. The summed E-state index contributed by atoms with van der Waals surface area (Å²) in [6, 6.07) is 9.02. The Labute approximate surface area is 189 Å². The van der Waals surface area contributed by atoms with E-state index >= 15 is 0 Å². The highest BCUT2D eigenvalue weighted by Crippen LogP contribution is 2.28. The van der Waals surface area contributed by atoms with E-state index < -0.39 is 14.9 Å². The molecule has 0 saturated carbocycles. The van der Waals surface area contributed by atoms with Crippen LogP contribution in [-0.2, 0) is 21.4 Å². The van der Waals surface area contributed by atoms with Crippen molar-refractivity contribution in [3.63, 3.8) is 0 Å². The van der Waals surface area contributed by atoms with Crippen LogP contribution < -0.4 is 10.5 Å². The van der Waals surface area contributed by atoms with E-state index in [-0.39, 0.29) is 22.2 Å². The van der Waals surface area contributed by atoms with E-state index in [0.29, 0.717) is 28.5 Å². The third-order valence-corrected chi connectivity index (χ3v) is 6.74. The maximum Gasteiger partial charge on any atom is 0.274 e. The molecule has 2 aromatic carbocycles. The standard InChI is InChI=1S/C20H23N5O5S2/c1-3-4-10-24-18-9-8-14(32(21,29)30)11-16(18)23-20(24)31-12-19(26)22-15-6-5-7-17(13(15)2)25(27)28/h5-9,11H,3-4,10,12H2,1-2H3,(H,22,26)(H2,21,29,30). The Morgan fingerprint density at radius 2 is 2.06 bits per heavy atom. The number of nitro groups is 1. The SMILES string of the molecule is CCCCn1c(SCC(=O)Nc2cccc([N+](=O)[O-])c2C)nc2cc(S(N)(=O)=O)ccc21. The van der Waals surface area contributed by atoms with Crippen LogP contribution in [0.3, 0.4) is 0 Å². The summed E-state index contributed by atoms with van der Waals surface area (Å²) in [5.41, 5.74) is 1.92. The van der Waals surface area contributed by atoms with Gasteiger partial charge in [0.15, 0.2) is 5.16 Å². The number of fused-ring (bicyclic) bond motifs is 1. The number of aromatic nitrogens is 2. The van der Waals surface area contributed by atoms with Crippen molar-refractivity contribution in [1.82, 2.24) is 9.55 Å². The van der Waals surface area contributed by atoms with Gasteiger partial charge in [-0.15, -0.1) is 0 Å². The highest BCUT2D eigenvalue weighted by molar-refractivity contribution is 7.99. The first-order valence-corrected chi connectivity index (χ1v) is 12.3. The van der Waals surface area contributed by atoms with Crippen LogP contribution in [-0.4, -0.2) is 34.6 Å². The quantitative estimate of drug-likeness (QED) is 0.272. The van der Waals surface area contributed by atoms with Gasteiger partial charge in [0.25, 0.3) is 5.69 Å². The van der Waals surface area contributed by atoms with Gasteiger partial charge in [0.2, 0.25) is 15.9 Å². The molecule has 3 aromatic rings. The van der Waals surface area contributed by atoms with E-state index in [2.05, 4.69) is 17.2 Å². The molecule has 0 atom stereocenters. The number of amides is 1. The van der Waals surface area contributed by atoms with Crippen LogP contribution in [0.4, 0.5) is 11.4 Å². The van der Waals surface area contributed by atoms with Crippen LogP contribution in [0, 0.1) is 17.0 Å². The molecule has 0 radical (unpaired) electrons. The highest BCUT2D eigenvalue weighted by atomic mass is 32.2. The number of rotatable bonds is 9. The zero-order valence-corrected chi connectivity index (χ0v) is 19.2. The molecule has 3 N–H and O–H groups in total. The number of anilines is 1. The Bertz CT molecular complexity index is 1290. The predicted molar refractivity (Wildman–Crippen MR) is 123 cm³/mol. The molecule has 0 aliphatic heterocycles. The zero-order valence-electron chi connectivity index (χ0n) is 17.6. The van der Waals surface area contributed by atoms with Crippen LogP contribution >= 0.6 is 11.8 Å². The average molecular weight is 478 g/mol. The summed E-state index contributed by atoms with van der Waals surface area (Å²) in [7, 11) is -3.86. The summed E-state index contributed by atoms with van der Waals surface area (Å²) >= 11 is 1.21. The number of carbonyl (C=O) groups is 1. The number of nitrogens with two attached hydrogens (primary N) is 1. The van der Waals surface area contributed by atoms with E-state index in [9.17, 15) is 23.3 Å². The first kappa shape index (κ1) is 23.7. The number of imidazole rings is 1. The van der Waals surface area contributed by atoms with E-state index in [0.717, 1.165) is 18.4 Å². The number of nitrogens with zero attached hydrogens (tertiary/aromatic N) is 3. The number of nitro benzene ring substituents is 1. The maximum atomic E-state index is 12.5. The molecule has 0 aliphatic carbocycles. The van der Waals surface area contributed by atoms with Gasteiger partial charge >= 0.3 is 0 Å². The molecule has 3 rings (SSSR count). The molecule has 0 aliphatic rings. The molecular weight excluding hydrogens is 454 g/mol. The lowest BCUT2D eigenvalue weighted by atomic mass is 10.1. The highest BCUT2D eigenvalue weighted by Gasteiger charge is 2.18. The number of hydrogen-bond acceptors (Lipinski definition) is 7. The summed E-state index contributed by atoms with van der Waals surface area (Å²) in [5.74, 6) is -0.308. The van der Waals surface area contributed by atoms with E-state index in [1.807, 2.05) is 4.57 Å². The Morgan fingerprint density at radius 3 is 2.72 bits per heavy atom. The van der Waals surface area contributed by atoms with Gasteiger partial charge in [-0.3, -0.25) is 14.9 Å². The fourth-order valence-electron chi connectivity index (χ4n) is 3.18. The molecule has 12 heteroatoms. The van der Waals surface area contributed by atoms with Gasteiger partial charge < -0.3 is 9.88 Å². The molecule has 0 spiro atoms. The second-order valence-corrected chi connectivity index (χ2v) is 9.64. The summed E-state index contributed by atoms with van der Waals surface area (Å²) < 4.78 is 25.3. The molecule has 0 fully saturated rings. The number of unbranched alkanes of at least 4 members (excludes halogenated alkanes) is 1. The normalized spacial score (nSPS) is 11.6. The number of nitrogens with one attached hydrogen (secondary N) is 1. The lowest BCUT2D eigenvalue weighted by molar-refractivity contribution is -0.385. The number of thioether (sulfide) groups is 1. The van der Waals surface area contributed by atoms with Crippen molar-refractivity contribution in [2.45, 2.75) is 43.3 Å². The molecule has 0 bridgehead atoms. The lowest BCUT2D eigenvalue weighted by Gasteiger charge is -2.10. The van der Waals surface area contributed by atoms with Gasteiger partial charge in [-0.1, -0.05) is 31.2 Å². The topological polar surface area (TPSA) is 150 Å². The maximum absolute atomic E-state index is 12.5. The summed E-state index contributed by atoms with van der Waals surface area (Å²) in [5, 5.41) is 19.6. The van der Waals surface area contributed by atoms with Crippen LogP contribution in [0.15, 0.2) is 46.5 Å². The molecular formula is C20H23N5O5S2. The lowest BCUT2D eigenvalue weighted by Crippen LogP contribution is -2.15. The second kappa shape index (κ2) is 9.67. The number of carbonyl (C=O) groups excluding carboxylic acids is 1. The molecule has 1 heterocycles. The van der Waals surface area contributed by atoms with Crippen molar-refractivity contribution in [1.29, 1.82) is 0 Å². The summed E-state index contributed by atoms with van der Waals surface area (Å²) in [4.78, 5) is 27.6. The number of primary sulfonamides is 1. The molecule has 32 heavy (non-hydrogen) atoms. The molecule has 170 valence electrons. The van der Waals surface area contributed by atoms with Crippen molar-refractivity contribution in [3.05, 3.63) is 52.1 Å². The first-order chi connectivity index (χ1) is 15.1. The van der Waals surface area contributed by atoms with Gasteiger partial charge in [0, 0.05) is 12.6 Å². The summed E-state index contributed by atoms with van der Waals surface area (Å²) in [6.07, 6.45) is 1.83. The smallest absolute Gasteiger partial charge is 0.274 e. The number of benzene rings is 2. The van der Waals surface area contributed by atoms with E-state index in [4.69, 9.17) is 5.14 Å².